The molecule has 32 heavy (non-hydrogen) atoms. The fourth-order valence-corrected chi connectivity index (χ4v) is 3.86. The molecule has 8 heteroatoms. The first kappa shape index (κ1) is 22.1. The van der Waals surface area contributed by atoms with Crippen LogP contribution in [-0.2, 0) is 11.3 Å². The van der Waals surface area contributed by atoms with Crippen LogP contribution in [0.4, 0.5) is 4.39 Å². The lowest BCUT2D eigenvalue weighted by Gasteiger charge is -2.37. The molecule has 1 fully saturated rings. The molecule has 0 saturated carbocycles. The van der Waals surface area contributed by atoms with E-state index >= 15 is 0 Å². The van der Waals surface area contributed by atoms with Gasteiger partial charge in [-0.25, -0.2) is 4.39 Å². The van der Waals surface area contributed by atoms with Crippen molar-refractivity contribution in [2.75, 3.05) is 39.8 Å². The van der Waals surface area contributed by atoms with E-state index in [0.717, 1.165) is 31.7 Å². The van der Waals surface area contributed by atoms with Crippen LogP contribution in [0, 0.1) is 5.82 Å². The summed E-state index contributed by atoms with van der Waals surface area (Å²) in [5.41, 5.74) is 1.45. The largest absolute Gasteiger partial charge is 0.340 e. The number of hydrogen-bond acceptors (Lipinski definition) is 6. The van der Waals surface area contributed by atoms with Gasteiger partial charge in [0.05, 0.1) is 12.6 Å². The Balaban J connectivity index is 1.27. The van der Waals surface area contributed by atoms with Crippen molar-refractivity contribution in [3.8, 4) is 11.4 Å². The van der Waals surface area contributed by atoms with Crippen molar-refractivity contribution in [1.82, 2.24) is 24.8 Å². The third-order valence-electron chi connectivity index (χ3n) is 5.94. The van der Waals surface area contributed by atoms with Crippen molar-refractivity contribution in [1.29, 1.82) is 0 Å². The van der Waals surface area contributed by atoms with Gasteiger partial charge in [-0.05, 0) is 13.0 Å². The molecule has 1 saturated heterocycles. The summed E-state index contributed by atoms with van der Waals surface area (Å²) in [6.45, 7) is 5.79. The number of aromatic nitrogens is 2. The topological polar surface area (TPSA) is 65.7 Å². The standard InChI is InChI=1S/C24H28FN5O2/c1-18(24-26-23(27-32-24)19-8-4-3-5-9-19)30-14-12-29(13-15-30)17-22(31)28(2)16-20-10-6-7-11-21(20)25/h3-11,18H,12-17H2,1-2H3. The zero-order valence-electron chi connectivity index (χ0n) is 18.4. The second-order valence-electron chi connectivity index (χ2n) is 8.15. The summed E-state index contributed by atoms with van der Waals surface area (Å²) in [6.07, 6.45) is 0. The van der Waals surface area contributed by atoms with Crippen LogP contribution in [0.15, 0.2) is 59.1 Å². The van der Waals surface area contributed by atoms with Crippen molar-refractivity contribution in [2.45, 2.75) is 19.5 Å². The Hall–Kier alpha value is -3.10. The Morgan fingerprint density at radius 3 is 2.50 bits per heavy atom. The zero-order valence-corrected chi connectivity index (χ0v) is 18.4. The average molecular weight is 438 g/mol. The Morgan fingerprint density at radius 2 is 1.78 bits per heavy atom. The van der Waals surface area contributed by atoms with E-state index in [0.29, 0.717) is 23.8 Å². The second-order valence-corrected chi connectivity index (χ2v) is 8.15. The summed E-state index contributed by atoms with van der Waals surface area (Å²) in [5, 5.41) is 4.12. The van der Waals surface area contributed by atoms with Gasteiger partial charge in [-0.3, -0.25) is 14.6 Å². The molecule has 3 aromatic rings. The van der Waals surface area contributed by atoms with Crippen molar-refractivity contribution < 1.29 is 13.7 Å². The number of rotatable bonds is 7. The molecule has 0 radical (unpaired) electrons. The number of nitrogens with zero attached hydrogens (tertiary/aromatic N) is 5. The van der Waals surface area contributed by atoms with Crippen LogP contribution < -0.4 is 0 Å². The highest BCUT2D eigenvalue weighted by molar-refractivity contribution is 5.78. The molecule has 168 valence electrons. The fourth-order valence-electron chi connectivity index (χ4n) is 3.86. The van der Waals surface area contributed by atoms with E-state index in [2.05, 4.69) is 26.9 Å². The lowest BCUT2D eigenvalue weighted by molar-refractivity contribution is -0.132. The molecule has 2 aromatic carbocycles. The smallest absolute Gasteiger partial charge is 0.244 e. The first-order chi connectivity index (χ1) is 15.5. The molecule has 1 unspecified atom stereocenters. The first-order valence-electron chi connectivity index (χ1n) is 10.8. The number of piperazine rings is 1. The SMILES string of the molecule is CC(c1nc(-c2ccccc2)no1)N1CCN(CC(=O)N(C)Cc2ccccc2F)CC1. The molecular weight excluding hydrogens is 409 g/mol. The molecule has 0 aliphatic carbocycles. The van der Waals surface area contributed by atoms with Crippen molar-refractivity contribution in [2.24, 2.45) is 0 Å². The third-order valence-corrected chi connectivity index (χ3v) is 5.94. The molecule has 1 aliphatic heterocycles. The van der Waals surface area contributed by atoms with E-state index in [1.807, 2.05) is 30.3 Å². The van der Waals surface area contributed by atoms with Gasteiger partial charge in [0.15, 0.2) is 0 Å². The number of hydrogen-bond donors (Lipinski definition) is 0. The maximum absolute atomic E-state index is 13.9. The molecule has 7 nitrogen and oxygen atoms in total. The number of halogens is 1. The molecule has 0 spiro atoms. The number of carbonyl (C=O) groups excluding carboxylic acids is 1. The lowest BCUT2D eigenvalue weighted by Crippen LogP contribution is -2.50. The molecular formula is C24H28FN5O2. The van der Waals surface area contributed by atoms with E-state index in [-0.39, 0.29) is 24.3 Å². The Kier molecular flexibility index (Phi) is 6.92. The highest BCUT2D eigenvalue weighted by Crippen LogP contribution is 2.23. The van der Waals surface area contributed by atoms with Gasteiger partial charge in [-0.1, -0.05) is 53.7 Å². The van der Waals surface area contributed by atoms with Crippen LogP contribution in [0.2, 0.25) is 0 Å². The summed E-state index contributed by atoms with van der Waals surface area (Å²) < 4.78 is 19.4. The van der Waals surface area contributed by atoms with Gasteiger partial charge in [-0.15, -0.1) is 0 Å². The summed E-state index contributed by atoms with van der Waals surface area (Å²) in [6, 6.07) is 16.3. The van der Waals surface area contributed by atoms with Gasteiger partial charge in [0.25, 0.3) is 0 Å². The molecule has 1 aromatic heterocycles. The number of amides is 1. The van der Waals surface area contributed by atoms with Gasteiger partial charge in [0.2, 0.25) is 17.6 Å². The van der Waals surface area contributed by atoms with Crippen molar-refractivity contribution >= 4 is 5.91 Å². The Morgan fingerprint density at radius 1 is 1.09 bits per heavy atom. The number of benzene rings is 2. The maximum atomic E-state index is 13.9. The van der Waals surface area contributed by atoms with Gasteiger partial charge < -0.3 is 9.42 Å². The molecule has 1 atom stereocenters. The molecule has 2 heterocycles. The second kappa shape index (κ2) is 10.0. The highest BCUT2D eigenvalue weighted by Gasteiger charge is 2.27. The van der Waals surface area contributed by atoms with E-state index < -0.39 is 0 Å². The molecule has 1 aliphatic rings. The van der Waals surface area contributed by atoms with E-state index in [4.69, 9.17) is 4.52 Å². The van der Waals surface area contributed by atoms with Crippen LogP contribution in [0.25, 0.3) is 11.4 Å². The summed E-state index contributed by atoms with van der Waals surface area (Å²) in [7, 11) is 1.72. The Bertz CT molecular complexity index is 1030. The predicted molar refractivity (Wildman–Crippen MR) is 119 cm³/mol. The van der Waals surface area contributed by atoms with Gasteiger partial charge in [-0.2, -0.15) is 4.98 Å². The van der Waals surface area contributed by atoms with Gasteiger partial charge in [0.1, 0.15) is 5.82 Å². The molecule has 4 rings (SSSR count). The van der Waals surface area contributed by atoms with E-state index in [1.165, 1.54) is 6.07 Å². The maximum Gasteiger partial charge on any atom is 0.244 e. The lowest BCUT2D eigenvalue weighted by atomic mass is 10.2. The highest BCUT2D eigenvalue weighted by atomic mass is 19.1. The minimum atomic E-state index is -0.286. The minimum Gasteiger partial charge on any atom is -0.340 e. The molecule has 1 amide bonds. The van der Waals surface area contributed by atoms with Crippen LogP contribution in [-0.4, -0.2) is 70.5 Å². The van der Waals surface area contributed by atoms with Crippen molar-refractivity contribution in [3.63, 3.8) is 0 Å². The summed E-state index contributed by atoms with van der Waals surface area (Å²) >= 11 is 0. The molecule has 0 N–H and O–H groups in total. The first-order valence-corrected chi connectivity index (χ1v) is 10.8. The third kappa shape index (κ3) is 5.20. The zero-order chi connectivity index (χ0) is 22.5. The summed E-state index contributed by atoms with van der Waals surface area (Å²) in [4.78, 5) is 23.2. The van der Waals surface area contributed by atoms with Gasteiger partial charge >= 0.3 is 0 Å². The van der Waals surface area contributed by atoms with E-state index in [9.17, 15) is 9.18 Å². The number of likely N-dealkylation sites (N-methyl/N-ethyl adjacent to an activating group) is 1. The minimum absolute atomic E-state index is 0.00143. The quantitative estimate of drug-likeness (QED) is 0.566. The monoisotopic (exact) mass is 437 g/mol. The number of carbonyl (C=O) groups is 1. The molecule has 0 bridgehead atoms. The normalized spacial score (nSPS) is 16.1. The fraction of sp³-hybridized carbons (Fsp3) is 0.375. The van der Waals surface area contributed by atoms with E-state index in [1.54, 1.807) is 30.1 Å². The Labute approximate surface area is 187 Å². The van der Waals surface area contributed by atoms with Crippen LogP contribution in [0.5, 0.6) is 0 Å². The van der Waals surface area contributed by atoms with Crippen molar-refractivity contribution in [3.05, 3.63) is 71.9 Å². The van der Waals surface area contributed by atoms with Crippen LogP contribution in [0.1, 0.15) is 24.4 Å². The van der Waals surface area contributed by atoms with Crippen LogP contribution in [0.3, 0.4) is 0 Å². The summed E-state index contributed by atoms with van der Waals surface area (Å²) in [5.74, 6) is 0.887. The van der Waals surface area contributed by atoms with Gasteiger partial charge in [0, 0.05) is 50.9 Å². The average Bonchev–Trinajstić information content (AvgIpc) is 3.31. The predicted octanol–water partition coefficient (Wildman–Crippen LogP) is 3.21. The van der Waals surface area contributed by atoms with Crippen LogP contribution >= 0.6 is 0 Å².